The van der Waals surface area contributed by atoms with Crippen LogP contribution in [0.25, 0.3) is 0 Å². The van der Waals surface area contributed by atoms with E-state index in [-0.39, 0.29) is 11.6 Å². The number of hydrogen-bond acceptors (Lipinski definition) is 15. The van der Waals surface area contributed by atoms with Crippen LogP contribution in [0.1, 0.15) is 31.9 Å². The third-order valence-electron chi connectivity index (χ3n) is 7.55. The lowest BCUT2D eigenvalue weighted by Gasteiger charge is -2.46. The van der Waals surface area contributed by atoms with E-state index < -0.39 is 99.0 Å². The molecule has 0 unspecified atom stereocenters. The zero-order valence-corrected chi connectivity index (χ0v) is 28.8. The molecular weight excluding hydrogens is 670 g/mol. The number of ether oxygens (including phenoxy) is 7. The second kappa shape index (κ2) is 17.0. The van der Waals surface area contributed by atoms with Crippen LogP contribution in [0, 0.1) is 10.1 Å². The largest absolute Gasteiger partial charge is 0.509 e. The molecular formula is C31H41NO16Si. The Kier molecular flexibility index (Phi) is 14.1. The van der Waals surface area contributed by atoms with Gasteiger partial charge in [0.1, 0.15) is 19.8 Å². The van der Waals surface area contributed by atoms with Gasteiger partial charge in [-0.15, -0.1) is 0 Å². The van der Waals surface area contributed by atoms with E-state index in [0.717, 1.165) is 30.4 Å². The van der Waals surface area contributed by atoms with E-state index in [9.17, 15) is 39.5 Å². The van der Waals surface area contributed by atoms with Gasteiger partial charge in [0.15, 0.2) is 26.6 Å². The smallest absolute Gasteiger partial charge is 0.479 e. The number of hydrogen-bond donors (Lipinski definition) is 2. The fraction of sp³-hybridized carbons (Fsp3) is 0.484. The van der Waals surface area contributed by atoms with Gasteiger partial charge in [-0.25, -0.2) is 19.2 Å². The summed E-state index contributed by atoms with van der Waals surface area (Å²) in [5.74, 6) is -5.19. The molecule has 0 saturated carbocycles. The van der Waals surface area contributed by atoms with Crippen molar-refractivity contribution in [3.63, 3.8) is 0 Å². The minimum Gasteiger partial charge on any atom is -0.479 e. The lowest BCUT2D eigenvalue weighted by Crippen LogP contribution is -2.67. The molecule has 0 radical (unpaired) electrons. The summed E-state index contributed by atoms with van der Waals surface area (Å²) < 4.78 is 41.7. The molecule has 5 atom stereocenters. The molecule has 1 aromatic rings. The Bertz CT molecular complexity index is 1420. The van der Waals surface area contributed by atoms with Crippen LogP contribution in [-0.2, 0) is 54.8 Å². The minimum atomic E-state index is -3.29. The summed E-state index contributed by atoms with van der Waals surface area (Å²) in [7, 11) is -2.33. The predicted molar refractivity (Wildman–Crippen MR) is 171 cm³/mol. The maximum absolute atomic E-state index is 12.8. The predicted octanol–water partition coefficient (Wildman–Crippen LogP) is 4.87. The number of carbonyl (C=O) groups is 4. The molecule has 18 heteroatoms. The van der Waals surface area contributed by atoms with Gasteiger partial charge in [-0.05, 0) is 29.8 Å². The van der Waals surface area contributed by atoms with E-state index in [1.54, 1.807) is 0 Å². The molecule has 0 spiro atoms. The molecule has 1 aromatic carbocycles. The van der Waals surface area contributed by atoms with Gasteiger partial charge in [0.25, 0.3) is 5.69 Å². The van der Waals surface area contributed by atoms with Crippen molar-refractivity contribution in [1.29, 1.82) is 0 Å². The first-order valence-corrected chi connectivity index (χ1v) is 17.6. The van der Waals surface area contributed by atoms with Crippen LogP contribution in [0.15, 0.2) is 56.2 Å². The summed E-state index contributed by atoms with van der Waals surface area (Å²) in [5, 5.41) is 34.5. The SMILES string of the molecule is C=CCOC(=O)O[C@H]1[C@H](OC(=O)OCC=C)[C@@H](OC(=O)OCC=C)[C@@](O)(c2ccc(CO[Si](C)(C)C(C)(C)C)cc2[N+](=O)[O-])O[C@@H]1C(=O)O. The fourth-order valence-corrected chi connectivity index (χ4v) is 5.08. The molecule has 0 bridgehead atoms. The van der Waals surface area contributed by atoms with Gasteiger partial charge in [0.05, 0.1) is 17.1 Å². The van der Waals surface area contributed by atoms with Crippen LogP contribution in [0.2, 0.25) is 18.1 Å². The molecule has 1 aliphatic rings. The molecule has 0 aliphatic carbocycles. The molecule has 17 nitrogen and oxygen atoms in total. The van der Waals surface area contributed by atoms with Crippen molar-refractivity contribution >= 4 is 38.4 Å². The molecule has 1 fully saturated rings. The Morgan fingerprint density at radius 1 is 0.939 bits per heavy atom. The van der Waals surface area contributed by atoms with Crippen molar-refractivity contribution in [2.75, 3.05) is 19.8 Å². The summed E-state index contributed by atoms with van der Waals surface area (Å²) in [6, 6.07) is 3.42. The molecule has 49 heavy (non-hydrogen) atoms. The summed E-state index contributed by atoms with van der Waals surface area (Å²) in [4.78, 5) is 62.0. The number of benzene rings is 1. The number of carbonyl (C=O) groups excluding carboxylic acids is 3. The van der Waals surface area contributed by atoms with Gasteiger partial charge in [-0.3, -0.25) is 10.1 Å². The van der Waals surface area contributed by atoms with Crippen molar-refractivity contribution in [3.05, 3.63) is 77.4 Å². The molecule has 1 saturated heterocycles. The highest BCUT2D eigenvalue weighted by molar-refractivity contribution is 6.74. The fourth-order valence-electron chi connectivity index (χ4n) is 4.12. The molecule has 0 aromatic heterocycles. The van der Waals surface area contributed by atoms with Crippen LogP contribution < -0.4 is 0 Å². The molecule has 2 N–H and O–H groups in total. The number of aliphatic carboxylic acids is 1. The van der Waals surface area contributed by atoms with E-state index in [4.69, 9.17) is 37.6 Å². The van der Waals surface area contributed by atoms with Gasteiger partial charge >= 0.3 is 24.4 Å². The minimum absolute atomic E-state index is 0.0634. The van der Waals surface area contributed by atoms with Gasteiger partial charge in [-0.1, -0.05) is 64.8 Å². The first-order chi connectivity index (χ1) is 22.8. The standard InChI is InChI=1S/C31H41NO16Si/c1-9-14-41-27(35)45-22-23(46-28(36)42-15-10-2)25(47-29(37)43-16-11-3)31(38,48-24(22)26(33)34)20-13-12-19(17-21(20)32(39)40)18-44-49(7,8)30(4,5)6/h9-13,17,22-25,38H,1-3,14-16,18H2,4-8H3,(H,33,34)/t22-,23-,24-,25+,31+/m0/s1. The van der Waals surface area contributed by atoms with Gasteiger partial charge < -0.3 is 47.8 Å². The van der Waals surface area contributed by atoms with E-state index >= 15 is 0 Å². The average Bonchev–Trinajstić information content (AvgIpc) is 3.02. The monoisotopic (exact) mass is 711 g/mol. The summed E-state index contributed by atoms with van der Waals surface area (Å²) in [6.45, 7) is 18.8. The third-order valence-corrected chi connectivity index (χ3v) is 12.0. The first kappa shape index (κ1) is 40.4. The number of nitro benzene ring substituents is 1. The third kappa shape index (κ3) is 10.4. The number of nitrogens with zero attached hydrogens (tertiary/aromatic N) is 1. The normalized spacial score (nSPS) is 22.1. The Hall–Kier alpha value is -4.78. The Labute approximate surface area is 283 Å². The highest BCUT2D eigenvalue weighted by Crippen LogP contribution is 2.45. The molecule has 0 amide bonds. The van der Waals surface area contributed by atoms with E-state index in [1.807, 2.05) is 33.9 Å². The lowest BCUT2D eigenvalue weighted by atomic mass is 9.86. The van der Waals surface area contributed by atoms with Crippen LogP contribution in [-0.4, -0.2) is 92.1 Å². The molecule has 270 valence electrons. The Balaban J connectivity index is 2.81. The highest BCUT2D eigenvalue weighted by atomic mass is 28.4. The maximum atomic E-state index is 12.8. The molecule has 2 rings (SSSR count). The Morgan fingerprint density at radius 3 is 1.88 bits per heavy atom. The highest BCUT2D eigenvalue weighted by Gasteiger charge is 2.64. The van der Waals surface area contributed by atoms with Gasteiger partial charge in [0, 0.05) is 6.07 Å². The van der Waals surface area contributed by atoms with Crippen molar-refractivity contribution in [2.24, 2.45) is 0 Å². The van der Waals surface area contributed by atoms with Crippen LogP contribution in [0.3, 0.4) is 0 Å². The average molecular weight is 712 g/mol. The lowest BCUT2D eigenvalue weighted by molar-refractivity contribution is -0.395. The molecule has 1 heterocycles. The van der Waals surface area contributed by atoms with Crippen LogP contribution >= 0.6 is 0 Å². The zero-order chi connectivity index (χ0) is 37.2. The van der Waals surface area contributed by atoms with Crippen LogP contribution in [0.5, 0.6) is 0 Å². The number of carboxylic acid groups (broad SMARTS) is 1. The second-order valence-electron chi connectivity index (χ2n) is 12.0. The van der Waals surface area contributed by atoms with Crippen molar-refractivity contribution in [2.45, 2.75) is 75.7 Å². The summed E-state index contributed by atoms with van der Waals surface area (Å²) in [5.41, 5.74) is -1.26. The number of nitro groups is 1. The summed E-state index contributed by atoms with van der Waals surface area (Å²) in [6.07, 6.45) is -10.5. The number of carboxylic acids is 1. The topological polar surface area (TPSA) is 226 Å². The zero-order valence-electron chi connectivity index (χ0n) is 27.8. The van der Waals surface area contributed by atoms with Crippen molar-refractivity contribution < 1.29 is 71.9 Å². The first-order valence-electron chi connectivity index (χ1n) is 14.7. The molecule has 1 aliphatic heterocycles. The second-order valence-corrected chi connectivity index (χ2v) is 16.8. The van der Waals surface area contributed by atoms with Gasteiger partial charge in [-0.2, -0.15) is 0 Å². The maximum Gasteiger partial charge on any atom is 0.509 e. The van der Waals surface area contributed by atoms with Gasteiger partial charge in [0.2, 0.25) is 11.9 Å². The van der Waals surface area contributed by atoms with E-state index in [1.165, 1.54) is 6.07 Å². The van der Waals surface area contributed by atoms with E-state index in [2.05, 4.69) is 19.7 Å². The van der Waals surface area contributed by atoms with E-state index in [0.29, 0.717) is 5.56 Å². The summed E-state index contributed by atoms with van der Waals surface area (Å²) >= 11 is 0. The Morgan fingerprint density at radius 2 is 1.43 bits per heavy atom. The number of rotatable bonds is 15. The van der Waals surface area contributed by atoms with Crippen molar-refractivity contribution in [1.82, 2.24) is 0 Å². The number of aliphatic hydroxyl groups is 1. The quantitative estimate of drug-likeness (QED) is 0.0618. The van der Waals surface area contributed by atoms with Crippen molar-refractivity contribution in [3.8, 4) is 0 Å². The van der Waals surface area contributed by atoms with Crippen LogP contribution in [0.4, 0.5) is 20.1 Å².